The third kappa shape index (κ3) is 4.86. The van der Waals surface area contributed by atoms with Crippen LogP contribution >= 0.6 is 34.8 Å². The standard InChI is InChI=1S/C25H15Cl3N4O2.CH4/c26-15-6-9-17-18(10-15)23(21-19(27)2-1-3-20(21)28)29-11-14-12-30-25(32-22(14)17)31-16-7-4-13(5-8-16)24(33)34;/h1-10,12H,11H2,(H,33,34)(H,30,31,32);1H4. The number of carboxylic acids is 1. The van der Waals surface area contributed by atoms with Crippen LogP contribution in [0, 0.1) is 0 Å². The highest BCUT2D eigenvalue weighted by Crippen LogP contribution is 2.36. The fraction of sp³-hybridized carbons (Fsp3) is 0.0769. The molecule has 0 spiro atoms. The van der Waals surface area contributed by atoms with Gasteiger partial charge in [-0.2, -0.15) is 0 Å². The van der Waals surface area contributed by atoms with E-state index in [0.717, 1.165) is 16.7 Å². The van der Waals surface area contributed by atoms with Crippen molar-refractivity contribution in [3.63, 3.8) is 0 Å². The minimum Gasteiger partial charge on any atom is -0.478 e. The minimum atomic E-state index is -0.988. The third-order valence-corrected chi connectivity index (χ3v) is 6.22. The van der Waals surface area contributed by atoms with Crippen molar-refractivity contribution in [2.75, 3.05) is 5.32 Å². The van der Waals surface area contributed by atoms with E-state index in [9.17, 15) is 4.79 Å². The van der Waals surface area contributed by atoms with E-state index >= 15 is 0 Å². The second-order valence-corrected chi connectivity index (χ2v) is 8.78. The van der Waals surface area contributed by atoms with Crippen LogP contribution in [0.3, 0.4) is 0 Å². The SMILES string of the molecule is C.O=C(O)c1ccc(Nc2ncc3c(n2)-c2ccc(Cl)cc2C(c2c(Cl)cccc2Cl)=NC3)cc1. The summed E-state index contributed by atoms with van der Waals surface area (Å²) in [5.74, 6) is -0.625. The molecule has 0 saturated carbocycles. The monoisotopic (exact) mass is 524 g/mol. The Kier molecular flexibility index (Phi) is 7.08. The molecule has 0 saturated heterocycles. The Hall–Kier alpha value is -3.45. The van der Waals surface area contributed by atoms with Gasteiger partial charge in [0.1, 0.15) is 0 Å². The van der Waals surface area contributed by atoms with Crippen molar-refractivity contribution < 1.29 is 9.90 Å². The third-order valence-electron chi connectivity index (χ3n) is 5.35. The maximum atomic E-state index is 11.1. The summed E-state index contributed by atoms with van der Waals surface area (Å²) in [6.07, 6.45) is 1.72. The van der Waals surface area contributed by atoms with Crippen molar-refractivity contribution in [2.24, 2.45) is 4.99 Å². The van der Waals surface area contributed by atoms with Crippen LogP contribution in [0.15, 0.2) is 71.9 Å². The molecule has 0 atom stereocenters. The molecule has 2 N–H and O–H groups in total. The number of halogens is 3. The second-order valence-electron chi connectivity index (χ2n) is 7.53. The van der Waals surface area contributed by atoms with E-state index in [0.29, 0.717) is 50.2 Å². The van der Waals surface area contributed by atoms with Gasteiger partial charge in [0.2, 0.25) is 5.95 Å². The largest absolute Gasteiger partial charge is 0.478 e. The summed E-state index contributed by atoms with van der Waals surface area (Å²) in [5.41, 5.74) is 5.23. The summed E-state index contributed by atoms with van der Waals surface area (Å²) in [4.78, 5) is 25.1. The van der Waals surface area contributed by atoms with Gasteiger partial charge in [-0.1, -0.05) is 54.4 Å². The van der Waals surface area contributed by atoms with Crippen LogP contribution in [0.5, 0.6) is 0 Å². The molecule has 1 aromatic heterocycles. The number of fused-ring (bicyclic) bond motifs is 3. The van der Waals surface area contributed by atoms with E-state index in [1.54, 1.807) is 42.6 Å². The molecule has 0 aliphatic carbocycles. The predicted molar refractivity (Wildman–Crippen MR) is 142 cm³/mol. The van der Waals surface area contributed by atoms with Crippen LogP contribution in [0.1, 0.15) is 34.5 Å². The summed E-state index contributed by atoms with van der Waals surface area (Å²) >= 11 is 19.4. The summed E-state index contributed by atoms with van der Waals surface area (Å²) in [6, 6.07) is 17.2. The van der Waals surface area contributed by atoms with Gasteiger partial charge in [0.15, 0.2) is 0 Å². The highest BCUT2D eigenvalue weighted by molar-refractivity contribution is 6.42. The zero-order valence-electron chi connectivity index (χ0n) is 17.4. The van der Waals surface area contributed by atoms with Crippen LogP contribution in [0.25, 0.3) is 11.3 Å². The number of nitrogens with one attached hydrogen (secondary N) is 1. The van der Waals surface area contributed by atoms with Crippen molar-refractivity contribution in [3.8, 4) is 11.3 Å². The molecule has 6 nitrogen and oxygen atoms in total. The molecular weight excluding hydrogens is 507 g/mol. The number of aliphatic imine (C=N–C) groups is 1. The second kappa shape index (κ2) is 10.0. The Labute approximate surface area is 217 Å². The number of anilines is 2. The molecule has 176 valence electrons. The molecule has 0 unspecified atom stereocenters. The number of aromatic nitrogens is 2. The average molecular weight is 526 g/mol. The van der Waals surface area contributed by atoms with E-state index in [4.69, 9.17) is 49.9 Å². The number of nitrogens with zero attached hydrogens (tertiary/aromatic N) is 3. The van der Waals surface area contributed by atoms with Crippen LogP contribution < -0.4 is 5.32 Å². The molecule has 1 aliphatic heterocycles. The first-order valence-corrected chi connectivity index (χ1v) is 11.3. The predicted octanol–water partition coefficient (Wildman–Crippen LogP) is 7.53. The first-order chi connectivity index (χ1) is 16.4. The maximum absolute atomic E-state index is 11.1. The quantitative estimate of drug-likeness (QED) is 0.287. The zero-order chi connectivity index (χ0) is 23.8. The number of benzene rings is 3. The van der Waals surface area contributed by atoms with Gasteiger partial charge in [0.05, 0.1) is 33.6 Å². The van der Waals surface area contributed by atoms with Gasteiger partial charge < -0.3 is 10.4 Å². The molecule has 1 aliphatic rings. The maximum Gasteiger partial charge on any atom is 0.335 e. The summed E-state index contributed by atoms with van der Waals surface area (Å²) in [5, 5.41) is 13.7. The summed E-state index contributed by atoms with van der Waals surface area (Å²) < 4.78 is 0. The molecule has 0 amide bonds. The minimum absolute atomic E-state index is 0. The van der Waals surface area contributed by atoms with Crippen LogP contribution in [-0.2, 0) is 6.54 Å². The lowest BCUT2D eigenvalue weighted by Crippen LogP contribution is -2.07. The average Bonchev–Trinajstić information content (AvgIpc) is 2.96. The lowest BCUT2D eigenvalue weighted by Gasteiger charge is -2.14. The van der Waals surface area contributed by atoms with E-state index < -0.39 is 5.97 Å². The van der Waals surface area contributed by atoms with E-state index in [1.807, 2.05) is 12.1 Å². The normalized spacial score (nSPS) is 11.9. The van der Waals surface area contributed by atoms with Gasteiger partial charge in [0, 0.05) is 39.2 Å². The van der Waals surface area contributed by atoms with Crippen molar-refractivity contribution >= 4 is 58.1 Å². The van der Waals surface area contributed by atoms with E-state index in [2.05, 4.69) is 10.3 Å². The van der Waals surface area contributed by atoms with Crippen molar-refractivity contribution in [1.29, 1.82) is 0 Å². The Bertz CT molecular complexity index is 1450. The van der Waals surface area contributed by atoms with Gasteiger partial charge >= 0.3 is 5.97 Å². The van der Waals surface area contributed by atoms with Gasteiger partial charge in [-0.15, -0.1) is 0 Å². The molecule has 5 rings (SSSR count). The Morgan fingerprint density at radius 3 is 2.34 bits per heavy atom. The zero-order valence-corrected chi connectivity index (χ0v) is 19.7. The van der Waals surface area contributed by atoms with Crippen molar-refractivity contribution in [1.82, 2.24) is 9.97 Å². The first kappa shape index (κ1) is 24.7. The van der Waals surface area contributed by atoms with Crippen molar-refractivity contribution in [2.45, 2.75) is 14.0 Å². The number of hydrogen-bond donors (Lipinski definition) is 2. The molecule has 0 fully saturated rings. The smallest absolute Gasteiger partial charge is 0.335 e. The Morgan fingerprint density at radius 2 is 1.66 bits per heavy atom. The highest BCUT2D eigenvalue weighted by atomic mass is 35.5. The molecular formula is C26H19Cl3N4O2. The Balaban J connectivity index is 0.00000289. The summed E-state index contributed by atoms with van der Waals surface area (Å²) in [6.45, 7) is 0.326. The number of hydrogen-bond acceptors (Lipinski definition) is 5. The number of carbonyl (C=O) groups is 1. The molecule has 9 heteroatoms. The fourth-order valence-electron chi connectivity index (χ4n) is 3.75. The molecule has 2 heterocycles. The Morgan fingerprint density at radius 1 is 0.943 bits per heavy atom. The fourth-order valence-corrected chi connectivity index (χ4v) is 4.50. The lowest BCUT2D eigenvalue weighted by molar-refractivity contribution is 0.0697. The number of rotatable bonds is 4. The van der Waals surface area contributed by atoms with Crippen molar-refractivity contribution in [3.05, 3.63) is 104 Å². The topological polar surface area (TPSA) is 87.5 Å². The van der Waals surface area contributed by atoms with Crippen LogP contribution in [0.4, 0.5) is 11.6 Å². The van der Waals surface area contributed by atoms with Crippen LogP contribution in [0.2, 0.25) is 15.1 Å². The van der Waals surface area contributed by atoms with E-state index in [1.165, 1.54) is 12.1 Å². The molecule has 0 bridgehead atoms. The number of aromatic carboxylic acids is 1. The molecule has 0 radical (unpaired) electrons. The highest BCUT2D eigenvalue weighted by Gasteiger charge is 2.24. The van der Waals surface area contributed by atoms with Gasteiger partial charge in [-0.25, -0.2) is 14.8 Å². The number of carboxylic acid groups (broad SMARTS) is 1. The van der Waals surface area contributed by atoms with Gasteiger partial charge in [-0.05, 0) is 48.5 Å². The van der Waals surface area contributed by atoms with E-state index in [-0.39, 0.29) is 13.0 Å². The molecule has 3 aromatic carbocycles. The molecule has 4 aromatic rings. The van der Waals surface area contributed by atoms with Gasteiger partial charge in [-0.3, -0.25) is 4.99 Å². The summed E-state index contributed by atoms with van der Waals surface area (Å²) in [7, 11) is 0. The first-order valence-electron chi connectivity index (χ1n) is 10.2. The molecule has 35 heavy (non-hydrogen) atoms. The van der Waals surface area contributed by atoms with Crippen LogP contribution in [-0.4, -0.2) is 26.8 Å². The lowest BCUT2D eigenvalue weighted by atomic mass is 9.95. The van der Waals surface area contributed by atoms with Gasteiger partial charge in [0.25, 0.3) is 0 Å².